The SMILES string of the molecule is COC(=O)c1cnc(Cc2cccnc2)[nH]1. The molecule has 2 aromatic heterocycles. The van der Waals surface area contributed by atoms with Gasteiger partial charge in [-0.15, -0.1) is 0 Å². The van der Waals surface area contributed by atoms with Crippen LogP contribution in [0.4, 0.5) is 0 Å². The average molecular weight is 217 g/mol. The number of nitrogens with zero attached hydrogens (tertiary/aromatic N) is 2. The van der Waals surface area contributed by atoms with Crippen LogP contribution in [0, 0.1) is 0 Å². The van der Waals surface area contributed by atoms with E-state index in [4.69, 9.17) is 0 Å². The molecule has 0 spiro atoms. The van der Waals surface area contributed by atoms with Crippen molar-refractivity contribution in [2.75, 3.05) is 7.11 Å². The first kappa shape index (κ1) is 10.4. The molecule has 5 heteroatoms. The summed E-state index contributed by atoms with van der Waals surface area (Å²) in [5, 5.41) is 0. The summed E-state index contributed by atoms with van der Waals surface area (Å²) in [6.07, 6.45) is 5.56. The highest BCUT2D eigenvalue weighted by Crippen LogP contribution is 2.05. The van der Waals surface area contributed by atoms with Gasteiger partial charge in [0.2, 0.25) is 0 Å². The van der Waals surface area contributed by atoms with E-state index in [0.717, 1.165) is 5.56 Å². The number of aromatic nitrogens is 3. The smallest absolute Gasteiger partial charge is 0.356 e. The van der Waals surface area contributed by atoms with Crippen molar-refractivity contribution in [1.82, 2.24) is 15.0 Å². The van der Waals surface area contributed by atoms with Crippen molar-refractivity contribution in [3.8, 4) is 0 Å². The van der Waals surface area contributed by atoms with Gasteiger partial charge >= 0.3 is 5.97 Å². The van der Waals surface area contributed by atoms with Gasteiger partial charge in [-0.05, 0) is 11.6 Å². The number of hydrogen-bond acceptors (Lipinski definition) is 4. The van der Waals surface area contributed by atoms with Crippen LogP contribution in [0.25, 0.3) is 0 Å². The molecule has 0 bridgehead atoms. The van der Waals surface area contributed by atoms with Crippen LogP contribution in [-0.2, 0) is 11.2 Å². The predicted molar refractivity (Wildman–Crippen MR) is 57.0 cm³/mol. The van der Waals surface area contributed by atoms with Gasteiger partial charge < -0.3 is 9.72 Å². The first-order valence-corrected chi connectivity index (χ1v) is 4.80. The molecule has 0 saturated heterocycles. The van der Waals surface area contributed by atoms with E-state index in [0.29, 0.717) is 17.9 Å². The summed E-state index contributed by atoms with van der Waals surface area (Å²) < 4.78 is 4.58. The molecule has 2 heterocycles. The summed E-state index contributed by atoms with van der Waals surface area (Å²) in [6, 6.07) is 3.81. The molecule has 0 unspecified atom stereocenters. The Balaban J connectivity index is 2.12. The van der Waals surface area contributed by atoms with E-state index >= 15 is 0 Å². The Kier molecular flexibility index (Phi) is 2.95. The molecule has 0 fully saturated rings. The van der Waals surface area contributed by atoms with Crippen LogP contribution < -0.4 is 0 Å². The lowest BCUT2D eigenvalue weighted by molar-refractivity contribution is 0.0594. The maximum absolute atomic E-state index is 11.2. The summed E-state index contributed by atoms with van der Waals surface area (Å²) in [7, 11) is 1.34. The normalized spacial score (nSPS) is 10.1. The number of imidazole rings is 1. The van der Waals surface area contributed by atoms with E-state index < -0.39 is 5.97 Å². The molecule has 0 aliphatic heterocycles. The summed E-state index contributed by atoms with van der Waals surface area (Å²) in [6.45, 7) is 0. The number of nitrogens with one attached hydrogen (secondary N) is 1. The molecule has 0 atom stereocenters. The second-order valence-electron chi connectivity index (χ2n) is 3.27. The molecule has 5 nitrogen and oxygen atoms in total. The average Bonchev–Trinajstić information content (AvgIpc) is 2.78. The lowest BCUT2D eigenvalue weighted by Gasteiger charge is -1.96. The van der Waals surface area contributed by atoms with Gasteiger partial charge in [0, 0.05) is 18.8 Å². The number of aromatic amines is 1. The topological polar surface area (TPSA) is 67.9 Å². The fourth-order valence-electron chi connectivity index (χ4n) is 1.36. The van der Waals surface area contributed by atoms with Gasteiger partial charge in [0.05, 0.1) is 13.3 Å². The number of carbonyl (C=O) groups is 1. The van der Waals surface area contributed by atoms with Gasteiger partial charge in [-0.3, -0.25) is 4.98 Å². The fraction of sp³-hybridized carbons (Fsp3) is 0.182. The highest BCUT2D eigenvalue weighted by atomic mass is 16.5. The Bertz CT molecular complexity index is 479. The van der Waals surface area contributed by atoms with Crippen molar-refractivity contribution >= 4 is 5.97 Å². The van der Waals surface area contributed by atoms with E-state index in [-0.39, 0.29) is 0 Å². The molecule has 1 N–H and O–H groups in total. The molecule has 0 saturated carbocycles. The maximum Gasteiger partial charge on any atom is 0.356 e. The minimum absolute atomic E-state index is 0.362. The molecule has 0 aromatic carbocycles. The molecule has 16 heavy (non-hydrogen) atoms. The van der Waals surface area contributed by atoms with Gasteiger partial charge in [0.15, 0.2) is 0 Å². The molecule has 0 amide bonds. The van der Waals surface area contributed by atoms with Crippen LogP contribution in [0.2, 0.25) is 0 Å². The van der Waals surface area contributed by atoms with Crippen molar-refractivity contribution in [3.05, 3.63) is 47.8 Å². The molecule has 2 rings (SSSR count). The molecule has 2 aromatic rings. The predicted octanol–water partition coefficient (Wildman–Crippen LogP) is 1.18. The van der Waals surface area contributed by atoms with Crippen molar-refractivity contribution in [1.29, 1.82) is 0 Å². The van der Waals surface area contributed by atoms with Crippen LogP contribution in [0.15, 0.2) is 30.7 Å². The van der Waals surface area contributed by atoms with Crippen molar-refractivity contribution in [2.45, 2.75) is 6.42 Å². The number of rotatable bonds is 3. The van der Waals surface area contributed by atoms with Crippen molar-refractivity contribution < 1.29 is 9.53 Å². The zero-order valence-corrected chi connectivity index (χ0v) is 8.80. The van der Waals surface area contributed by atoms with Gasteiger partial charge in [-0.2, -0.15) is 0 Å². The number of H-pyrrole nitrogens is 1. The largest absolute Gasteiger partial charge is 0.464 e. The van der Waals surface area contributed by atoms with Crippen LogP contribution >= 0.6 is 0 Å². The second kappa shape index (κ2) is 4.57. The standard InChI is InChI=1S/C11H11N3O2/c1-16-11(15)9-7-13-10(14-9)5-8-3-2-4-12-6-8/h2-4,6-7H,5H2,1H3,(H,13,14). The first-order chi connectivity index (χ1) is 7.79. The van der Waals surface area contributed by atoms with Crippen LogP contribution in [0.5, 0.6) is 0 Å². The summed E-state index contributed by atoms with van der Waals surface area (Å²) in [4.78, 5) is 22.2. The Hall–Kier alpha value is -2.17. The maximum atomic E-state index is 11.2. The van der Waals surface area contributed by atoms with Crippen LogP contribution in [0.3, 0.4) is 0 Å². The number of hydrogen-bond donors (Lipinski definition) is 1. The third kappa shape index (κ3) is 2.25. The number of carbonyl (C=O) groups excluding carboxylic acids is 1. The molecule has 0 aliphatic carbocycles. The summed E-state index contributed by atoms with van der Waals surface area (Å²) in [5.41, 5.74) is 1.40. The van der Waals surface area contributed by atoms with Gasteiger partial charge in [-0.25, -0.2) is 9.78 Å². The van der Waals surface area contributed by atoms with E-state index in [2.05, 4.69) is 19.7 Å². The van der Waals surface area contributed by atoms with Crippen molar-refractivity contribution in [2.24, 2.45) is 0 Å². The molecular weight excluding hydrogens is 206 g/mol. The summed E-state index contributed by atoms with van der Waals surface area (Å²) >= 11 is 0. The van der Waals surface area contributed by atoms with Crippen LogP contribution in [-0.4, -0.2) is 28.0 Å². The Morgan fingerprint density at radius 1 is 1.50 bits per heavy atom. The van der Waals surface area contributed by atoms with Gasteiger partial charge in [-0.1, -0.05) is 6.07 Å². The van der Waals surface area contributed by atoms with Crippen molar-refractivity contribution in [3.63, 3.8) is 0 Å². The molecule has 82 valence electrons. The Morgan fingerprint density at radius 2 is 2.38 bits per heavy atom. The number of esters is 1. The highest BCUT2D eigenvalue weighted by molar-refractivity contribution is 5.86. The zero-order chi connectivity index (χ0) is 11.4. The lowest BCUT2D eigenvalue weighted by atomic mass is 10.2. The van der Waals surface area contributed by atoms with Crippen LogP contribution in [0.1, 0.15) is 21.9 Å². The molecule has 0 radical (unpaired) electrons. The van der Waals surface area contributed by atoms with Gasteiger partial charge in [0.25, 0.3) is 0 Å². The monoisotopic (exact) mass is 217 g/mol. The lowest BCUT2D eigenvalue weighted by Crippen LogP contribution is -2.01. The van der Waals surface area contributed by atoms with E-state index in [9.17, 15) is 4.79 Å². The minimum Gasteiger partial charge on any atom is -0.464 e. The minimum atomic E-state index is -0.412. The fourth-order valence-corrected chi connectivity index (χ4v) is 1.36. The van der Waals surface area contributed by atoms with E-state index in [1.807, 2.05) is 12.1 Å². The Labute approximate surface area is 92.5 Å². The second-order valence-corrected chi connectivity index (χ2v) is 3.27. The van der Waals surface area contributed by atoms with Gasteiger partial charge in [0.1, 0.15) is 11.5 Å². The van der Waals surface area contributed by atoms with E-state index in [1.54, 1.807) is 12.4 Å². The zero-order valence-electron chi connectivity index (χ0n) is 8.80. The third-order valence-corrected chi connectivity index (χ3v) is 2.13. The first-order valence-electron chi connectivity index (χ1n) is 4.80. The number of pyridine rings is 1. The molecular formula is C11H11N3O2. The third-order valence-electron chi connectivity index (χ3n) is 2.13. The van der Waals surface area contributed by atoms with E-state index in [1.165, 1.54) is 13.3 Å². The quantitative estimate of drug-likeness (QED) is 0.784. The Morgan fingerprint density at radius 3 is 3.06 bits per heavy atom. The summed E-state index contributed by atoms with van der Waals surface area (Å²) in [5.74, 6) is 0.304. The highest BCUT2D eigenvalue weighted by Gasteiger charge is 2.09. The number of methoxy groups -OCH3 is 1. The molecule has 0 aliphatic rings. The number of ether oxygens (including phenoxy) is 1.